The maximum absolute atomic E-state index is 4.12. The molecule has 0 N–H and O–H groups in total. The van der Waals surface area contributed by atoms with Gasteiger partial charge in [0.25, 0.3) is 0 Å². The van der Waals surface area contributed by atoms with Crippen molar-refractivity contribution in [3.05, 3.63) is 12.3 Å². The van der Waals surface area contributed by atoms with E-state index in [9.17, 15) is 0 Å². The summed E-state index contributed by atoms with van der Waals surface area (Å²) >= 11 is 0. The molecule has 0 rings (SSSR count). The Kier molecular flexibility index (Phi) is 6.80. The fourth-order valence-electron chi connectivity index (χ4n) is 0.680. The van der Waals surface area contributed by atoms with E-state index >= 15 is 0 Å². The van der Waals surface area contributed by atoms with Crippen LogP contribution in [0.2, 0.25) is 0 Å². The average Bonchev–Trinajstić information content (AvgIpc) is 2.01. The summed E-state index contributed by atoms with van der Waals surface area (Å²) < 4.78 is 0. The molecule has 13 heavy (non-hydrogen) atoms. The molecule has 0 aliphatic heterocycles. The predicted molar refractivity (Wildman–Crippen MR) is 66.4 cm³/mol. The number of allylic oxidation sites excluding steroid dienone is 1. The van der Waals surface area contributed by atoms with Crippen LogP contribution in [0.25, 0.3) is 0 Å². The van der Waals surface area contributed by atoms with Gasteiger partial charge in [0.2, 0.25) is 0 Å². The molecule has 0 atom stereocenters. The van der Waals surface area contributed by atoms with Gasteiger partial charge < -0.3 is 0 Å². The van der Waals surface area contributed by atoms with E-state index in [4.69, 9.17) is 0 Å². The molecule has 0 aromatic heterocycles. The molecule has 0 bridgehead atoms. The Bertz CT molecular complexity index is 237. The molecule has 0 aliphatic carbocycles. The van der Waals surface area contributed by atoms with Gasteiger partial charge in [0.05, 0.1) is 0 Å². The topological polar surface area (TPSA) is 12.4 Å². The third kappa shape index (κ3) is 11.6. The Morgan fingerprint density at radius 3 is 2.54 bits per heavy atom. The Hall–Kier alpha value is -0.420. The van der Waals surface area contributed by atoms with Crippen LogP contribution in [0, 0.1) is 5.41 Å². The molecule has 0 aromatic carbocycles. The molecule has 0 spiro atoms. The summed E-state index contributed by atoms with van der Waals surface area (Å²) in [6.45, 7) is 8.69. The molecule has 72 valence electrons. The minimum absolute atomic E-state index is 0.366. The second-order valence-electron chi connectivity index (χ2n) is 4.00. The van der Waals surface area contributed by atoms with E-state index in [0.29, 0.717) is 5.41 Å². The maximum atomic E-state index is 4.12. The van der Waals surface area contributed by atoms with Gasteiger partial charge in [0.15, 0.2) is 0 Å². The van der Waals surface area contributed by atoms with E-state index in [1.54, 1.807) is 0 Å². The van der Waals surface area contributed by atoms with Crippen molar-refractivity contribution < 1.29 is 0 Å². The number of hydrogen-bond donors (Lipinski definition) is 0. The first-order chi connectivity index (χ1) is 6.06. The summed E-state index contributed by atoms with van der Waals surface area (Å²) in [5, 5.41) is 0. The van der Waals surface area contributed by atoms with Gasteiger partial charge in [0.1, 0.15) is 0 Å². The van der Waals surface area contributed by atoms with Gasteiger partial charge in [-0.1, -0.05) is 0 Å². The Morgan fingerprint density at radius 2 is 2.00 bits per heavy atom. The van der Waals surface area contributed by atoms with Crippen molar-refractivity contribution in [2.75, 3.05) is 0 Å². The van der Waals surface area contributed by atoms with Crippen LogP contribution in [0.3, 0.4) is 0 Å². The molecule has 0 radical (unpaired) electrons. The summed E-state index contributed by atoms with van der Waals surface area (Å²) in [4.78, 5) is 4.12. The summed E-state index contributed by atoms with van der Waals surface area (Å²) in [5.41, 5.74) is 0.366. The van der Waals surface area contributed by atoms with Crippen molar-refractivity contribution >= 4 is 25.6 Å². The van der Waals surface area contributed by atoms with E-state index in [-0.39, 0.29) is 0 Å². The van der Waals surface area contributed by atoms with Crippen LogP contribution >= 0.6 is 7.83 Å². The molecule has 2 heteroatoms. The average molecular weight is 196 g/mol. The van der Waals surface area contributed by atoms with E-state index in [1.807, 2.05) is 25.1 Å². The fourth-order valence-corrected chi connectivity index (χ4v) is 1.01. The third-order valence-corrected chi connectivity index (χ3v) is 1.91. The van der Waals surface area contributed by atoms with Gasteiger partial charge in [0, 0.05) is 0 Å². The first kappa shape index (κ1) is 12.6. The Balaban J connectivity index is 3.76. The van der Waals surface area contributed by atoms with Crippen molar-refractivity contribution in [3.63, 3.8) is 0 Å². The molecule has 0 aromatic rings. The van der Waals surface area contributed by atoms with Gasteiger partial charge in [-0.15, -0.1) is 0 Å². The summed E-state index contributed by atoms with van der Waals surface area (Å²) in [6.07, 6.45) is 6.88. The monoisotopic (exact) mass is 196 g/mol. The number of rotatable bonds is 3. The van der Waals surface area contributed by atoms with Crippen LogP contribution < -0.4 is 0 Å². The molecule has 0 fully saturated rings. The second-order valence-corrected chi connectivity index (χ2v) is 5.12. The summed E-state index contributed by atoms with van der Waals surface area (Å²) in [5.74, 6) is 4.09. The van der Waals surface area contributed by atoms with Crippen molar-refractivity contribution in [2.45, 2.75) is 34.1 Å². The Morgan fingerprint density at radius 1 is 1.31 bits per heavy atom. The van der Waals surface area contributed by atoms with Gasteiger partial charge in [-0.2, -0.15) is 0 Å². The van der Waals surface area contributed by atoms with E-state index < -0.39 is 0 Å². The molecule has 0 aliphatic rings. The number of aliphatic imine (C=N–C) groups is 1. The van der Waals surface area contributed by atoms with Crippen molar-refractivity contribution in [3.8, 4) is 0 Å². The van der Waals surface area contributed by atoms with E-state index in [1.165, 1.54) is 7.83 Å². The van der Waals surface area contributed by atoms with Gasteiger partial charge >= 0.3 is 82.4 Å². The standard InChI is InChI=1S/C11H19NP/c1-5-13-10-9-12-8-6-7-11(2,3)4/h5-6,8-10H,7H2,1-4H3/q+1/b8-6-,12-9?. The van der Waals surface area contributed by atoms with Gasteiger partial charge in [-0.25, -0.2) is 0 Å². The zero-order chi connectivity index (χ0) is 10.2. The molecule has 0 heterocycles. The number of nitrogens with zero attached hydrogens (tertiary/aromatic N) is 1. The molecule has 0 unspecified atom stereocenters. The summed E-state index contributed by atoms with van der Waals surface area (Å²) in [6, 6.07) is 0. The molecule has 0 amide bonds. The van der Waals surface area contributed by atoms with Crippen molar-refractivity contribution in [1.82, 2.24) is 0 Å². The van der Waals surface area contributed by atoms with E-state index in [0.717, 1.165) is 6.42 Å². The van der Waals surface area contributed by atoms with Crippen molar-refractivity contribution in [2.24, 2.45) is 10.4 Å². The fraction of sp³-hybridized carbons (Fsp3) is 0.545. The SMILES string of the molecule is CC=[P+]=CC=N/C=C\CC(C)(C)C. The first-order valence-electron chi connectivity index (χ1n) is 4.54. The minimum atomic E-state index is 0.366. The van der Waals surface area contributed by atoms with Crippen LogP contribution in [0.4, 0.5) is 0 Å². The van der Waals surface area contributed by atoms with Crippen LogP contribution in [0.15, 0.2) is 17.3 Å². The van der Waals surface area contributed by atoms with Crippen LogP contribution in [0.5, 0.6) is 0 Å². The molecular formula is C11H19NP+. The van der Waals surface area contributed by atoms with Gasteiger partial charge in [-0.3, -0.25) is 0 Å². The number of hydrogen-bond acceptors (Lipinski definition) is 1. The van der Waals surface area contributed by atoms with Crippen molar-refractivity contribution in [1.29, 1.82) is 0 Å². The normalized spacial score (nSPS) is 12.3. The predicted octanol–water partition coefficient (Wildman–Crippen LogP) is 3.58. The molecular weight excluding hydrogens is 177 g/mol. The third-order valence-electron chi connectivity index (χ3n) is 1.31. The van der Waals surface area contributed by atoms with Crippen LogP contribution in [-0.2, 0) is 0 Å². The molecule has 0 saturated heterocycles. The summed E-state index contributed by atoms with van der Waals surface area (Å²) in [7, 11) is 1.21. The first-order valence-corrected chi connectivity index (χ1v) is 5.57. The van der Waals surface area contributed by atoms with Crippen LogP contribution in [0.1, 0.15) is 34.1 Å². The van der Waals surface area contributed by atoms with Gasteiger partial charge in [-0.05, 0) is 0 Å². The Labute approximate surface area is 83.0 Å². The van der Waals surface area contributed by atoms with E-state index in [2.05, 4.69) is 37.6 Å². The zero-order valence-corrected chi connectivity index (χ0v) is 9.88. The quantitative estimate of drug-likeness (QED) is 0.483. The second kappa shape index (κ2) is 7.03. The van der Waals surface area contributed by atoms with Crippen LogP contribution in [-0.4, -0.2) is 17.8 Å². The molecule has 1 nitrogen and oxygen atoms in total. The zero-order valence-electron chi connectivity index (χ0n) is 8.99. The molecule has 0 saturated carbocycles.